The van der Waals surface area contributed by atoms with Gasteiger partial charge in [0.15, 0.2) is 0 Å². The van der Waals surface area contributed by atoms with Crippen molar-refractivity contribution in [2.24, 2.45) is 5.73 Å². The molecule has 0 bridgehead atoms. The summed E-state index contributed by atoms with van der Waals surface area (Å²) in [5, 5.41) is 8.46. The standard InChI is InChI=1S/C6H14N2O3/c1-11-6(9)5(8-10)3-2-4-7/h5,8,10H,2-4,7H2,1H3/t5-/m0/s1. The molecule has 0 amide bonds. The van der Waals surface area contributed by atoms with Crippen LogP contribution in [0.4, 0.5) is 0 Å². The number of carbonyl (C=O) groups is 1. The van der Waals surface area contributed by atoms with Gasteiger partial charge in [-0.1, -0.05) is 0 Å². The molecule has 0 unspecified atom stereocenters. The number of hydrogen-bond donors (Lipinski definition) is 3. The maximum Gasteiger partial charge on any atom is 0.325 e. The smallest absolute Gasteiger partial charge is 0.325 e. The molecule has 0 heterocycles. The van der Waals surface area contributed by atoms with Crippen molar-refractivity contribution in [2.75, 3.05) is 13.7 Å². The minimum Gasteiger partial charge on any atom is -0.468 e. The topological polar surface area (TPSA) is 84.6 Å². The first-order chi connectivity index (χ1) is 5.26. The van der Waals surface area contributed by atoms with Gasteiger partial charge in [0, 0.05) is 0 Å². The van der Waals surface area contributed by atoms with Gasteiger partial charge in [-0.15, -0.1) is 0 Å². The lowest BCUT2D eigenvalue weighted by atomic mass is 10.2. The first-order valence-corrected chi connectivity index (χ1v) is 3.43. The molecule has 0 radical (unpaired) electrons. The van der Waals surface area contributed by atoms with Crippen LogP contribution in [-0.4, -0.2) is 30.9 Å². The summed E-state index contributed by atoms with van der Waals surface area (Å²) in [7, 11) is 1.27. The van der Waals surface area contributed by atoms with Gasteiger partial charge in [-0.3, -0.25) is 4.79 Å². The van der Waals surface area contributed by atoms with Crippen LogP contribution in [0.3, 0.4) is 0 Å². The summed E-state index contributed by atoms with van der Waals surface area (Å²) in [6, 6.07) is -0.649. The van der Waals surface area contributed by atoms with Crippen LogP contribution in [0.5, 0.6) is 0 Å². The van der Waals surface area contributed by atoms with E-state index in [9.17, 15) is 4.79 Å². The highest BCUT2D eigenvalue weighted by molar-refractivity contribution is 5.75. The molecular formula is C6H14N2O3. The summed E-state index contributed by atoms with van der Waals surface area (Å²) in [5.41, 5.74) is 7.07. The third kappa shape index (κ3) is 3.92. The Morgan fingerprint density at radius 3 is 2.82 bits per heavy atom. The third-order valence-corrected chi connectivity index (χ3v) is 1.34. The van der Waals surface area contributed by atoms with Gasteiger partial charge < -0.3 is 15.7 Å². The van der Waals surface area contributed by atoms with Gasteiger partial charge >= 0.3 is 5.97 Å². The molecule has 0 rings (SSSR count). The molecule has 66 valence electrons. The van der Waals surface area contributed by atoms with Gasteiger partial charge in [0.1, 0.15) is 6.04 Å². The summed E-state index contributed by atoms with van der Waals surface area (Å²) < 4.78 is 4.40. The fourth-order valence-electron chi connectivity index (χ4n) is 0.699. The van der Waals surface area contributed by atoms with Crippen LogP contribution in [0, 0.1) is 0 Å². The summed E-state index contributed by atoms with van der Waals surface area (Å²) >= 11 is 0. The number of ether oxygens (including phenoxy) is 1. The van der Waals surface area contributed by atoms with E-state index < -0.39 is 12.0 Å². The third-order valence-electron chi connectivity index (χ3n) is 1.34. The van der Waals surface area contributed by atoms with Crippen LogP contribution >= 0.6 is 0 Å². The fourth-order valence-corrected chi connectivity index (χ4v) is 0.699. The average Bonchev–Trinajstić information content (AvgIpc) is 2.05. The number of carbonyl (C=O) groups excluding carboxylic acids is 1. The second-order valence-electron chi connectivity index (χ2n) is 2.14. The van der Waals surface area contributed by atoms with Crippen molar-refractivity contribution in [3.05, 3.63) is 0 Å². The maximum absolute atomic E-state index is 10.8. The van der Waals surface area contributed by atoms with Gasteiger partial charge in [0.25, 0.3) is 0 Å². The van der Waals surface area contributed by atoms with Gasteiger partial charge in [0.2, 0.25) is 0 Å². The van der Waals surface area contributed by atoms with Crippen LogP contribution in [0.1, 0.15) is 12.8 Å². The Hall–Kier alpha value is -0.650. The van der Waals surface area contributed by atoms with Crippen LogP contribution < -0.4 is 11.2 Å². The molecule has 11 heavy (non-hydrogen) atoms. The Balaban J connectivity index is 3.65. The van der Waals surface area contributed by atoms with Crippen molar-refractivity contribution in [2.45, 2.75) is 18.9 Å². The Kier molecular flexibility index (Phi) is 5.73. The van der Waals surface area contributed by atoms with Gasteiger partial charge in [0.05, 0.1) is 7.11 Å². The Bertz CT molecular complexity index is 118. The van der Waals surface area contributed by atoms with E-state index in [-0.39, 0.29) is 0 Å². The summed E-state index contributed by atoms with van der Waals surface area (Å²) in [5.74, 6) is -0.471. The van der Waals surface area contributed by atoms with E-state index in [0.717, 1.165) is 0 Å². The van der Waals surface area contributed by atoms with E-state index in [1.165, 1.54) is 7.11 Å². The lowest BCUT2D eigenvalue weighted by molar-refractivity contribution is -0.146. The molecule has 5 heteroatoms. The van der Waals surface area contributed by atoms with Crippen LogP contribution in [-0.2, 0) is 9.53 Å². The van der Waals surface area contributed by atoms with Crippen molar-refractivity contribution < 1.29 is 14.7 Å². The lowest BCUT2D eigenvalue weighted by Gasteiger charge is -2.10. The first kappa shape index (κ1) is 10.3. The van der Waals surface area contributed by atoms with Crippen LogP contribution in [0.15, 0.2) is 0 Å². The average molecular weight is 162 g/mol. The van der Waals surface area contributed by atoms with Crippen LogP contribution in [0.2, 0.25) is 0 Å². The molecule has 0 aliphatic carbocycles. The van der Waals surface area contributed by atoms with E-state index in [0.29, 0.717) is 19.4 Å². The van der Waals surface area contributed by atoms with E-state index in [2.05, 4.69) is 4.74 Å². The highest BCUT2D eigenvalue weighted by Gasteiger charge is 2.16. The molecule has 0 saturated carbocycles. The zero-order valence-electron chi connectivity index (χ0n) is 6.54. The summed E-state index contributed by atoms with van der Waals surface area (Å²) in [6.45, 7) is 0.495. The zero-order chi connectivity index (χ0) is 8.69. The van der Waals surface area contributed by atoms with Gasteiger partial charge in [-0.2, -0.15) is 5.48 Å². The van der Waals surface area contributed by atoms with Crippen molar-refractivity contribution >= 4 is 5.97 Å². The SMILES string of the molecule is COC(=O)[C@H](CCCN)NO. The molecule has 1 atom stereocenters. The predicted molar refractivity (Wildman–Crippen MR) is 39.0 cm³/mol. The molecule has 0 aliphatic heterocycles. The Labute approximate surface area is 65.5 Å². The number of methoxy groups -OCH3 is 1. The highest BCUT2D eigenvalue weighted by Crippen LogP contribution is 1.96. The normalized spacial score (nSPS) is 12.6. The number of hydrogen-bond acceptors (Lipinski definition) is 5. The molecule has 0 aromatic carbocycles. The first-order valence-electron chi connectivity index (χ1n) is 3.43. The van der Waals surface area contributed by atoms with E-state index in [1.807, 2.05) is 5.48 Å². The van der Waals surface area contributed by atoms with E-state index >= 15 is 0 Å². The fraction of sp³-hybridized carbons (Fsp3) is 0.833. The molecule has 0 aliphatic rings. The molecule has 0 fully saturated rings. The molecule has 4 N–H and O–H groups in total. The van der Waals surface area contributed by atoms with Crippen molar-refractivity contribution in [3.8, 4) is 0 Å². The molecule has 0 saturated heterocycles. The van der Waals surface area contributed by atoms with Crippen molar-refractivity contribution in [3.63, 3.8) is 0 Å². The number of esters is 1. The number of hydroxylamine groups is 1. The zero-order valence-corrected chi connectivity index (χ0v) is 6.54. The van der Waals surface area contributed by atoms with Crippen LogP contribution in [0.25, 0.3) is 0 Å². The lowest BCUT2D eigenvalue weighted by Crippen LogP contribution is -2.35. The second kappa shape index (κ2) is 6.09. The van der Waals surface area contributed by atoms with Gasteiger partial charge in [-0.25, -0.2) is 0 Å². The summed E-state index contributed by atoms with van der Waals surface area (Å²) in [4.78, 5) is 10.8. The highest BCUT2D eigenvalue weighted by atomic mass is 16.5. The number of nitrogens with two attached hydrogens (primary N) is 1. The number of rotatable bonds is 5. The quantitative estimate of drug-likeness (QED) is 0.366. The van der Waals surface area contributed by atoms with E-state index in [1.54, 1.807) is 0 Å². The van der Waals surface area contributed by atoms with Crippen molar-refractivity contribution in [1.29, 1.82) is 0 Å². The maximum atomic E-state index is 10.8. The molecule has 0 aromatic heterocycles. The monoisotopic (exact) mass is 162 g/mol. The van der Waals surface area contributed by atoms with Crippen molar-refractivity contribution in [1.82, 2.24) is 5.48 Å². The largest absolute Gasteiger partial charge is 0.468 e. The second-order valence-corrected chi connectivity index (χ2v) is 2.14. The molecular weight excluding hydrogens is 148 g/mol. The minimum atomic E-state index is -0.649. The molecule has 0 aromatic rings. The summed E-state index contributed by atoms with van der Waals surface area (Å²) in [6.07, 6.45) is 1.16. The molecule has 5 nitrogen and oxygen atoms in total. The minimum absolute atomic E-state index is 0.471. The number of nitrogens with one attached hydrogen (secondary N) is 1. The van der Waals surface area contributed by atoms with E-state index in [4.69, 9.17) is 10.9 Å². The molecule has 0 spiro atoms. The Morgan fingerprint density at radius 2 is 2.45 bits per heavy atom. The predicted octanol–water partition coefficient (Wildman–Crippen LogP) is -0.754. The Morgan fingerprint density at radius 1 is 1.82 bits per heavy atom. The van der Waals surface area contributed by atoms with Gasteiger partial charge in [-0.05, 0) is 19.4 Å².